The van der Waals surface area contributed by atoms with Gasteiger partial charge in [-0.15, -0.1) is 11.8 Å². The largest absolute Gasteiger partial charge is 0.272 e. The van der Waals surface area contributed by atoms with Gasteiger partial charge in [-0.2, -0.15) is 5.10 Å². The van der Waals surface area contributed by atoms with Crippen LogP contribution in [0.3, 0.4) is 0 Å². The molecule has 2 rings (SSSR count). The van der Waals surface area contributed by atoms with E-state index in [1.165, 1.54) is 5.56 Å². The fourth-order valence-electron chi connectivity index (χ4n) is 1.82. The predicted octanol–water partition coefficient (Wildman–Crippen LogP) is 4.99. The van der Waals surface area contributed by atoms with Crippen LogP contribution in [0.1, 0.15) is 18.1 Å². The minimum Gasteiger partial charge on any atom is -0.272 e. The quantitative estimate of drug-likeness (QED) is 0.492. The van der Waals surface area contributed by atoms with Gasteiger partial charge >= 0.3 is 0 Å². The van der Waals surface area contributed by atoms with Crippen molar-refractivity contribution in [2.45, 2.75) is 12.7 Å². The summed E-state index contributed by atoms with van der Waals surface area (Å²) in [5.74, 6) is 1.08. The first-order valence-corrected chi connectivity index (χ1v) is 9.70. The molecule has 0 heterocycles. The first-order chi connectivity index (χ1) is 11.0. The third-order valence-corrected chi connectivity index (χ3v) is 5.03. The molecule has 0 atom stereocenters. The lowest BCUT2D eigenvalue weighted by Crippen LogP contribution is -2.21. The Bertz CT molecular complexity index is 702. The molecule has 120 valence electrons. The molecule has 1 N–H and O–H groups in total. The van der Waals surface area contributed by atoms with Crippen molar-refractivity contribution in [3.8, 4) is 0 Å². The highest BCUT2D eigenvalue weighted by molar-refractivity contribution is 9.10. The molecule has 0 aliphatic carbocycles. The lowest BCUT2D eigenvalue weighted by atomic mass is 10.1. The Morgan fingerprint density at radius 3 is 2.57 bits per heavy atom. The number of rotatable bonds is 6. The van der Waals surface area contributed by atoms with Gasteiger partial charge in [-0.25, -0.2) is 5.43 Å². The Hall–Kier alpha value is -1.11. The van der Waals surface area contributed by atoms with Gasteiger partial charge in [-0.1, -0.05) is 56.1 Å². The minimum absolute atomic E-state index is 0.0959. The highest BCUT2D eigenvalue weighted by Crippen LogP contribution is 2.17. The number of nitrogens with zero attached hydrogens (tertiary/aromatic N) is 1. The highest BCUT2D eigenvalue weighted by atomic mass is 79.9. The molecule has 0 spiro atoms. The van der Waals surface area contributed by atoms with Crippen molar-refractivity contribution >= 4 is 55.2 Å². The van der Waals surface area contributed by atoms with Gasteiger partial charge < -0.3 is 0 Å². The minimum atomic E-state index is -0.0959. The topological polar surface area (TPSA) is 41.5 Å². The summed E-state index contributed by atoms with van der Waals surface area (Å²) in [6.45, 7) is 1.87. The van der Waals surface area contributed by atoms with Crippen molar-refractivity contribution in [3.05, 3.63) is 68.6 Å². The summed E-state index contributed by atoms with van der Waals surface area (Å²) in [6.07, 6.45) is 0. The molecular weight excluding hydrogens is 440 g/mol. The normalized spacial score (nSPS) is 11.3. The summed E-state index contributed by atoms with van der Waals surface area (Å²) in [6, 6.07) is 15.9. The molecule has 0 radical (unpaired) electrons. The molecule has 0 fully saturated rings. The van der Waals surface area contributed by atoms with Gasteiger partial charge in [-0.3, -0.25) is 4.79 Å². The summed E-state index contributed by atoms with van der Waals surface area (Å²) in [4.78, 5) is 11.8. The van der Waals surface area contributed by atoms with Crippen LogP contribution in [0.4, 0.5) is 0 Å². The van der Waals surface area contributed by atoms with Crippen molar-refractivity contribution in [2.75, 3.05) is 5.75 Å². The Morgan fingerprint density at radius 2 is 1.87 bits per heavy atom. The van der Waals surface area contributed by atoms with E-state index in [1.54, 1.807) is 11.8 Å². The average Bonchev–Trinajstić information content (AvgIpc) is 2.53. The molecular formula is C17H16Br2N2OS. The molecule has 3 nitrogen and oxygen atoms in total. The number of amides is 1. The Morgan fingerprint density at radius 1 is 1.13 bits per heavy atom. The molecule has 2 aromatic rings. The van der Waals surface area contributed by atoms with Crippen LogP contribution in [0.5, 0.6) is 0 Å². The Balaban J connectivity index is 1.78. The maximum absolute atomic E-state index is 11.8. The van der Waals surface area contributed by atoms with Crippen molar-refractivity contribution in [3.63, 3.8) is 0 Å². The molecule has 6 heteroatoms. The standard InChI is InChI=1S/C17H16Br2N2OS/c1-12(14-5-7-15(18)8-6-14)20-21-17(22)11-23-10-13-3-2-4-16(19)9-13/h2-9H,10-11H2,1H3,(H,21,22)/b20-12+. The highest BCUT2D eigenvalue weighted by Gasteiger charge is 2.03. The van der Waals surface area contributed by atoms with Gasteiger partial charge in [0.05, 0.1) is 11.5 Å². The van der Waals surface area contributed by atoms with Crippen molar-refractivity contribution < 1.29 is 4.79 Å². The van der Waals surface area contributed by atoms with E-state index >= 15 is 0 Å². The second-order valence-corrected chi connectivity index (χ2v) is 7.68. The molecule has 0 aromatic heterocycles. The van der Waals surface area contributed by atoms with Crippen LogP contribution in [-0.2, 0) is 10.5 Å². The van der Waals surface area contributed by atoms with E-state index in [9.17, 15) is 4.79 Å². The van der Waals surface area contributed by atoms with E-state index in [1.807, 2.05) is 49.4 Å². The molecule has 0 aliphatic heterocycles. The van der Waals surface area contributed by atoms with E-state index in [0.717, 1.165) is 26.0 Å². The SMILES string of the molecule is C/C(=N\NC(=O)CSCc1cccc(Br)c1)c1ccc(Br)cc1. The lowest BCUT2D eigenvalue weighted by Gasteiger charge is -2.04. The number of hydrogen-bond acceptors (Lipinski definition) is 3. The fraction of sp³-hybridized carbons (Fsp3) is 0.176. The van der Waals surface area contributed by atoms with E-state index in [-0.39, 0.29) is 5.91 Å². The summed E-state index contributed by atoms with van der Waals surface area (Å²) in [5, 5.41) is 4.14. The van der Waals surface area contributed by atoms with Gasteiger partial charge in [0.1, 0.15) is 0 Å². The van der Waals surface area contributed by atoms with Crippen LogP contribution in [0.15, 0.2) is 62.6 Å². The Kier molecular flexibility index (Phi) is 7.33. The number of halogens is 2. The summed E-state index contributed by atoms with van der Waals surface area (Å²) in [5.41, 5.74) is 5.55. The van der Waals surface area contributed by atoms with E-state index < -0.39 is 0 Å². The molecule has 0 bridgehead atoms. The predicted molar refractivity (Wildman–Crippen MR) is 105 cm³/mol. The lowest BCUT2D eigenvalue weighted by molar-refractivity contribution is -0.118. The maximum atomic E-state index is 11.8. The number of carbonyl (C=O) groups is 1. The molecule has 0 saturated heterocycles. The van der Waals surface area contributed by atoms with Gasteiger partial charge in [0.2, 0.25) is 5.91 Å². The summed E-state index contributed by atoms with van der Waals surface area (Å²) < 4.78 is 2.07. The molecule has 1 amide bonds. The van der Waals surface area contributed by atoms with E-state index in [4.69, 9.17) is 0 Å². The average molecular weight is 456 g/mol. The number of hydrazone groups is 1. The van der Waals surface area contributed by atoms with Gasteiger partial charge in [0.25, 0.3) is 0 Å². The molecule has 23 heavy (non-hydrogen) atoms. The molecule has 0 unspecified atom stereocenters. The number of carbonyl (C=O) groups excluding carboxylic acids is 1. The van der Waals surface area contributed by atoms with Gasteiger partial charge in [0.15, 0.2) is 0 Å². The second kappa shape index (κ2) is 9.25. The fourth-order valence-corrected chi connectivity index (χ4v) is 3.30. The molecule has 0 saturated carbocycles. The van der Waals surface area contributed by atoms with E-state index in [0.29, 0.717) is 5.75 Å². The first-order valence-electron chi connectivity index (χ1n) is 6.96. The maximum Gasteiger partial charge on any atom is 0.250 e. The number of thioether (sulfide) groups is 1. The zero-order valence-electron chi connectivity index (χ0n) is 12.6. The zero-order valence-corrected chi connectivity index (χ0v) is 16.5. The monoisotopic (exact) mass is 454 g/mol. The third-order valence-electron chi connectivity index (χ3n) is 3.00. The van der Waals surface area contributed by atoms with Crippen LogP contribution in [0.25, 0.3) is 0 Å². The van der Waals surface area contributed by atoms with Crippen LogP contribution < -0.4 is 5.43 Å². The molecule has 2 aromatic carbocycles. The smallest absolute Gasteiger partial charge is 0.250 e. The van der Waals surface area contributed by atoms with Crippen molar-refractivity contribution in [2.24, 2.45) is 5.10 Å². The van der Waals surface area contributed by atoms with Crippen LogP contribution in [0, 0.1) is 0 Å². The zero-order chi connectivity index (χ0) is 16.7. The second-order valence-electron chi connectivity index (χ2n) is 4.86. The number of hydrogen-bond donors (Lipinski definition) is 1. The Labute approximate surface area is 157 Å². The van der Waals surface area contributed by atoms with E-state index in [2.05, 4.69) is 48.5 Å². The van der Waals surface area contributed by atoms with Gasteiger partial charge in [-0.05, 0) is 42.3 Å². The third kappa shape index (κ3) is 6.49. The van der Waals surface area contributed by atoms with Crippen molar-refractivity contribution in [1.29, 1.82) is 0 Å². The number of nitrogens with one attached hydrogen (secondary N) is 1. The van der Waals surface area contributed by atoms with Crippen LogP contribution >= 0.6 is 43.6 Å². The van der Waals surface area contributed by atoms with Crippen molar-refractivity contribution in [1.82, 2.24) is 5.43 Å². The summed E-state index contributed by atoms with van der Waals surface area (Å²) in [7, 11) is 0. The first kappa shape index (κ1) is 18.2. The van der Waals surface area contributed by atoms with Crippen LogP contribution in [-0.4, -0.2) is 17.4 Å². The summed E-state index contributed by atoms with van der Waals surface area (Å²) >= 11 is 8.40. The number of benzene rings is 2. The van der Waals surface area contributed by atoms with Gasteiger partial charge in [0, 0.05) is 14.7 Å². The van der Waals surface area contributed by atoms with Crippen LogP contribution in [0.2, 0.25) is 0 Å². The molecule has 0 aliphatic rings.